The van der Waals surface area contributed by atoms with Crippen molar-refractivity contribution in [3.8, 4) is 33.4 Å². The van der Waals surface area contributed by atoms with E-state index in [0.717, 1.165) is 12.8 Å². The number of rotatable bonds is 4. The van der Waals surface area contributed by atoms with Gasteiger partial charge in [0.1, 0.15) is 0 Å². The van der Waals surface area contributed by atoms with Crippen molar-refractivity contribution in [3.05, 3.63) is 170 Å². The number of halogens is 2. The van der Waals surface area contributed by atoms with E-state index in [1.165, 1.54) is 122 Å². The molecule has 0 fully saturated rings. The molecule has 1 aliphatic rings. The molecule has 0 atom stereocenters. The molecule has 274 valence electrons. The van der Waals surface area contributed by atoms with Crippen molar-refractivity contribution in [1.82, 2.24) is 0 Å². The summed E-state index contributed by atoms with van der Waals surface area (Å²) < 4.78 is 1.46. The fourth-order valence-corrected chi connectivity index (χ4v) is 7.94. The van der Waals surface area contributed by atoms with Crippen LogP contribution >= 0.6 is 0 Å². The second-order valence-electron chi connectivity index (χ2n) is 15.5. The third-order valence-corrected chi connectivity index (χ3v) is 10.7. The Kier molecular flexibility index (Phi) is 15.7. The van der Waals surface area contributed by atoms with E-state index in [1.54, 1.807) is 0 Å². The van der Waals surface area contributed by atoms with Gasteiger partial charge in [0.05, 0.1) is 0 Å². The summed E-state index contributed by atoms with van der Waals surface area (Å²) in [6.07, 6.45) is 2.11. The summed E-state index contributed by atoms with van der Waals surface area (Å²) in [5.74, 6) is 0. The maximum atomic E-state index is 3.78. The van der Waals surface area contributed by atoms with Gasteiger partial charge in [-0.15, -0.1) is 29.3 Å². The third-order valence-electron chi connectivity index (χ3n) is 10.0. The molecule has 0 nitrogen and oxygen atoms in total. The molecule has 0 spiro atoms. The standard InChI is InChI=1S/C31H29.C11H17.C8H8.2ClH.Zr/c1-18-11-20(3)30(21(4)12-18)24-7-9-28-26(15-24)17-27-16-25(8-10-29(27)28)31-22(5)13-19(2)14-23(31)6;1-5-9-6-7-10(8-9)11(2,3)4;1-2-8-6-4-3-5-7-8;;;/h7-15H,17H2,1-6H3;6-8H,5H2,1-4H3;3-7H,1H3;2*1H;/q2*-1;;;;+2/p-2. The Hall–Kier alpha value is -3.22. The van der Waals surface area contributed by atoms with Crippen LogP contribution in [0.1, 0.15) is 95.8 Å². The second-order valence-corrected chi connectivity index (χ2v) is 17.3. The van der Waals surface area contributed by atoms with Gasteiger partial charge in [-0.25, -0.2) is 6.07 Å². The largest absolute Gasteiger partial charge is 1.00 e. The molecule has 7 rings (SSSR count). The minimum Gasteiger partial charge on any atom is -1.00 e. The molecule has 0 heterocycles. The Morgan fingerprint density at radius 1 is 0.698 bits per heavy atom. The van der Waals surface area contributed by atoms with E-state index < -0.39 is 0 Å². The summed E-state index contributed by atoms with van der Waals surface area (Å²) in [6, 6.07) is 41.7. The normalized spacial score (nSPS) is 11.1. The zero-order chi connectivity index (χ0) is 37.0. The predicted octanol–water partition coefficient (Wildman–Crippen LogP) is 7.29. The van der Waals surface area contributed by atoms with Crippen molar-refractivity contribution in [3.63, 3.8) is 0 Å². The van der Waals surface area contributed by atoms with Crippen molar-refractivity contribution in [1.29, 1.82) is 0 Å². The van der Waals surface area contributed by atoms with Crippen molar-refractivity contribution in [2.24, 2.45) is 0 Å². The number of hydrogen-bond donors (Lipinski definition) is 0. The molecule has 1 aliphatic carbocycles. The van der Waals surface area contributed by atoms with Crippen LogP contribution in [0, 0.1) is 47.6 Å². The van der Waals surface area contributed by atoms with Crippen LogP contribution in [0.2, 0.25) is 0 Å². The maximum Gasteiger partial charge on any atom is -0.0125 e. The van der Waals surface area contributed by atoms with Gasteiger partial charge in [0.25, 0.3) is 0 Å². The van der Waals surface area contributed by atoms with Crippen LogP contribution in [0.4, 0.5) is 0 Å². The smallest absolute Gasteiger partial charge is 0.0125 e. The molecule has 0 saturated heterocycles. The Morgan fingerprint density at radius 2 is 1.25 bits per heavy atom. The van der Waals surface area contributed by atoms with Crippen molar-refractivity contribution in [2.75, 3.05) is 0 Å². The van der Waals surface area contributed by atoms with Gasteiger partial charge < -0.3 is 24.8 Å². The molecule has 6 aromatic rings. The van der Waals surface area contributed by atoms with Crippen LogP contribution in [0.3, 0.4) is 0 Å². The summed E-state index contributed by atoms with van der Waals surface area (Å²) in [5.41, 5.74) is 23.3. The van der Waals surface area contributed by atoms with Crippen LogP contribution in [0.25, 0.3) is 33.4 Å². The van der Waals surface area contributed by atoms with E-state index in [4.69, 9.17) is 0 Å². The average molecular weight is 817 g/mol. The molecule has 0 amide bonds. The fraction of sp³-hybridized carbons (Fsp3) is 0.280. The average Bonchev–Trinajstić information content (AvgIpc) is 3.70. The first kappa shape index (κ1) is 44.2. The first-order valence-electron chi connectivity index (χ1n) is 18.4. The van der Waals surface area contributed by atoms with Crippen molar-refractivity contribution >= 4 is 3.21 Å². The zero-order valence-corrected chi connectivity index (χ0v) is 37.5. The Bertz CT molecular complexity index is 2030. The molecule has 0 N–H and O–H groups in total. The molecule has 6 aromatic carbocycles. The van der Waals surface area contributed by atoms with Crippen LogP contribution in [0.5, 0.6) is 0 Å². The first-order chi connectivity index (χ1) is 24.2. The van der Waals surface area contributed by atoms with Gasteiger partial charge in [0.15, 0.2) is 0 Å². The molecule has 0 unspecified atom stereocenters. The van der Waals surface area contributed by atoms with Crippen LogP contribution < -0.4 is 24.8 Å². The van der Waals surface area contributed by atoms with Gasteiger partial charge >= 0.3 is 70.3 Å². The second kappa shape index (κ2) is 18.9. The van der Waals surface area contributed by atoms with E-state index in [2.05, 4.69) is 179 Å². The molecule has 0 aliphatic heterocycles. The van der Waals surface area contributed by atoms with Gasteiger partial charge in [-0.1, -0.05) is 121 Å². The topological polar surface area (TPSA) is 0 Å². The maximum absolute atomic E-state index is 3.78. The third kappa shape index (κ3) is 10.7. The van der Waals surface area contributed by atoms with Gasteiger partial charge in [-0.2, -0.15) is 23.3 Å². The Morgan fingerprint density at radius 3 is 1.72 bits per heavy atom. The van der Waals surface area contributed by atoms with E-state index in [1.807, 2.05) is 6.07 Å². The van der Waals surface area contributed by atoms with Gasteiger partial charge in [0, 0.05) is 0 Å². The van der Waals surface area contributed by atoms with Gasteiger partial charge in [-0.3, -0.25) is 0 Å². The fourth-order valence-electron chi connectivity index (χ4n) is 7.53. The molecular weight excluding hydrogens is 763 g/mol. The summed E-state index contributed by atoms with van der Waals surface area (Å²) >= 11 is 1.51. The monoisotopic (exact) mass is 814 g/mol. The van der Waals surface area contributed by atoms with Crippen molar-refractivity contribution < 1.29 is 49.0 Å². The SMILES string of the molecule is CCc1cc(C(C)(C)C)c[cH-]1.C[C](=[Zr+2])c1ccccc1.Cc1cc(C)c(-c2[c-]c3c(cc2)-c2ccc(-c4c(C)cc(C)cc4C)cc2C3)c(C)c1.[Cl-].[Cl-]. The molecule has 0 aromatic heterocycles. The quantitative estimate of drug-likeness (QED) is 0.164. The molecule has 3 heteroatoms. The van der Waals surface area contributed by atoms with Gasteiger partial charge in [-0.05, 0) is 75.8 Å². The molecule has 0 radical (unpaired) electrons. The zero-order valence-electron chi connectivity index (χ0n) is 33.5. The van der Waals surface area contributed by atoms with Crippen molar-refractivity contribution in [2.45, 2.75) is 94.4 Å². The number of aryl methyl sites for hydroxylation is 7. The molecule has 53 heavy (non-hydrogen) atoms. The Balaban J connectivity index is 0.000000283. The van der Waals surface area contributed by atoms with Gasteiger partial charge in [0.2, 0.25) is 0 Å². The van der Waals surface area contributed by atoms with Crippen LogP contribution in [0.15, 0.2) is 103 Å². The molecular formula is C50H54Cl2Zr-2. The van der Waals surface area contributed by atoms with E-state index in [9.17, 15) is 0 Å². The first-order valence-corrected chi connectivity index (χ1v) is 19.6. The number of fused-ring (bicyclic) bond motifs is 3. The van der Waals surface area contributed by atoms with Crippen LogP contribution in [-0.2, 0) is 42.5 Å². The number of benzene rings is 5. The minimum absolute atomic E-state index is 0. The summed E-state index contributed by atoms with van der Waals surface area (Å²) in [4.78, 5) is 0. The Labute approximate surface area is 348 Å². The van der Waals surface area contributed by atoms with E-state index in [0.29, 0.717) is 5.41 Å². The van der Waals surface area contributed by atoms with E-state index in [-0.39, 0.29) is 24.8 Å². The summed E-state index contributed by atoms with van der Waals surface area (Å²) in [7, 11) is 0. The number of hydrogen-bond acceptors (Lipinski definition) is 0. The summed E-state index contributed by atoms with van der Waals surface area (Å²) in [5, 5.41) is 0. The van der Waals surface area contributed by atoms with E-state index >= 15 is 0 Å². The molecule has 0 saturated carbocycles. The minimum atomic E-state index is 0. The molecule has 0 bridgehead atoms. The predicted molar refractivity (Wildman–Crippen MR) is 219 cm³/mol. The summed E-state index contributed by atoms with van der Waals surface area (Å²) in [6.45, 7) is 24.3. The van der Waals surface area contributed by atoms with Crippen LogP contribution in [-0.4, -0.2) is 3.21 Å².